The molecule has 3 heterocycles. The molecule has 0 saturated carbocycles. The smallest absolute Gasteiger partial charge is 0.361 e. The van der Waals surface area contributed by atoms with Crippen LogP contribution in [-0.4, -0.2) is 101 Å². The first kappa shape index (κ1) is 30.9. The maximum absolute atomic E-state index is 13.7. The van der Waals surface area contributed by atoms with Gasteiger partial charge >= 0.3 is 12.4 Å². The maximum atomic E-state index is 13.7. The van der Waals surface area contributed by atoms with Crippen molar-refractivity contribution in [1.29, 1.82) is 0 Å². The summed E-state index contributed by atoms with van der Waals surface area (Å²) in [4.78, 5) is 37.3. The molecule has 1 aromatic heterocycles. The highest BCUT2D eigenvalue weighted by molar-refractivity contribution is 5.95. The Morgan fingerprint density at radius 3 is 2.12 bits per heavy atom. The summed E-state index contributed by atoms with van der Waals surface area (Å²) in [6.45, 7) is 6.40. The van der Waals surface area contributed by atoms with E-state index in [9.17, 15) is 35.9 Å². The Bertz CT molecular complexity index is 1430. The number of amides is 2. The standard InChI is InChI=1S/C30H33F6N5O2/c1-2-38-7-10-40(11-8-38)27(42)19-39-9-12-41(24(18-39)15-21-17-37-26-6-4-3-5-25(21)26)28(43)20-13-22(29(31,32)33)16-23(14-20)30(34,35)36/h3-6,13-14,16-17,24,37H,2,7-12,15,18-19H2,1H3/t24-/m1/s1. The second kappa shape index (κ2) is 12.2. The topological polar surface area (TPSA) is 62.9 Å². The molecule has 232 valence electrons. The van der Waals surface area contributed by atoms with Gasteiger partial charge in [0.1, 0.15) is 0 Å². The number of hydrogen-bond acceptors (Lipinski definition) is 4. The average Bonchev–Trinajstić information content (AvgIpc) is 3.38. The molecule has 0 aliphatic carbocycles. The van der Waals surface area contributed by atoms with E-state index in [1.54, 1.807) is 11.1 Å². The Morgan fingerprint density at radius 1 is 0.860 bits per heavy atom. The molecule has 13 heteroatoms. The molecule has 0 spiro atoms. The van der Waals surface area contributed by atoms with Gasteiger partial charge in [-0.05, 0) is 42.8 Å². The summed E-state index contributed by atoms with van der Waals surface area (Å²) < 4.78 is 81.3. The molecule has 2 amide bonds. The van der Waals surface area contributed by atoms with E-state index >= 15 is 0 Å². The molecule has 0 bridgehead atoms. The number of H-pyrrole nitrogens is 1. The lowest BCUT2D eigenvalue weighted by atomic mass is 9.98. The van der Waals surface area contributed by atoms with E-state index in [0.29, 0.717) is 31.6 Å². The van der Waals surface area contributed by atoms with Gasteiger partial charge in [-0.15, -0.1) is 0 Å². The number of hydrogen-bond donors (Lipinski definition) is 1. The molecule has 7 nitrogen and oxygen atoms in total. The Hall–Kier alpha value is -3.58. The molecule has 2 aromatic carbocycles. The number of benzene rings is 2. The predicted molar refractivity (Wildman–Crippen MR) is 148 cm³/mol. The van der Waals surface area contributed by atoms with Gasteiger partial charge in [0.15, 0.2) is 0 Å². The lowest BCUT2D eigenvalue weighted by molar-refractivity contribution is -0.143. The van der Waals surface area contributed by atoms with Crippen molar-refractivity contribution in [2.24, 2.45) is 0 Å². The summed E-state index contributed by atoms with van der Waals surface area (Å²) in [6, 6.07) is 7.87. The van der Waals surface area contributed by atoms with E-state index in [4.69, 9.17) is 0 Å². The van der Waals surface area contributed by atoms with Gasteiger partial charge in [-0.2, -0.15) is 26.3 Å². The minimum absolute atomic E-state index is 0.0179. The Balaban J connectivity index is 1.41. The first-order valence-corrected chi connectivity index (χ1v) is 14.2. The van der Waals surface area contributed by atoms with Crippen LogP contribution < -0.4 is 0 Å². The fourth-order valence-corrected chi connectivity index (χ4v) is 5.91. The highest BCUT2D eigenvalue weighted by atomic mass is 19.4. The number of aromatic amines is 1. The van der Waals surface area contributed by atoms with Gasteiger partial charge in [0, 0.05) is 74.5 Å². The lowest BCUT2D eigenvalue weighted by Crippen LogP contribution is -2.58. The van der Waals surface area contributed by atoms with Crippen molar-refractivity contribution in [2.45, 2.75) is 31.7 Å². The first-order valence-electron chi connectivity index (χ1n) is 14.2. The van der Waals surface area contributed by atoms with Crippen molar-refractivity contribution in [3.63, 3.8) is 0 Å². The highest BCUT2D eigenvalue weighted by Gasteiger charge is 2.39. The number of carbonyl (C=O) groups is 2. The number of halogens is 6. The largest absolute Gasteiger partial charge is 0.416 e. The third kappa shape index (κ3) is 6.98. The van der Waals surface area contributed by atoms with Gasteiger partial charge in [-0.3, -0.25) is 14.5 Å². The van der Waals surface area contributed by atoms with Gasteiger partial charge < -0.3 is 19.7 Å². The van der Waals surface area contributed by atoms with Crippen molar-refractivity contribution < 1.29 is 35.9 Å². The van der Waals surface area contributed by atoms with Crippen LogP contribution in [0.25, 0.3) is 10.9 Å². The fraction of sp³-hybridized carbons (Fsp3) is 0.467. The van der Waals surface area contributed by atoms with Crippen LogP contribution in [0.2, 0.25) is 0 Å². The maximum Gasteiger partial charge on any atom is 0.416 e. The Labute approximate surface area is 245 Å². The van der Waals surface area contributed by atoms with E-state index < -0.39 is 41.0 Å². The van der Waals surface area contributed by atoms with E-state index in [1.165, 1.54) is 4.90 Å². The Morgan fingerprint density at radius 2 is 1.49 bits per heavy atom. The number of piperazine rings is 2. The van der Waals surface area contributed by atoms with Crippen LogP contribution in [0.4, 0.5) is 26.3 Å². The van der Waals surface area contributed by atoms with Crippen LogP contribution >= 0.6 is 0 Å². The van der Waals surface area contributed by atoms with Crippen molar-refractivity contribution in [2.75, 3.05) is 58.9 Å². The molecule has 2 saturated heterocycles. The average molecular weight is 610 g/mol. The third-order valence-corrected chi connectivity index (χ3v) is 8.32. The van der Waals surface area contributed by atoms with Crippen LogP contribution in [0.1, 0.15) is 34.0 Å². The second-order valence-electron chi connectivity index (χ2n) is 11.1. The molecule has 5 rings (SSSR count). The van der Waals surface area contributed by atoms with Gasteiger partial charge in [-0.25, -0.2) is 0 Å². The number of para-hydroxylation sites is 1. The summed E-state index contributed by atoms with van der Waals surface area (Å²) in [5.41, 5.74) is -2.04. The number of rotatable bonds is 6. The van der Waals surface area contributed by atoms with Gasteiger partial charge in [0.2, 0.25) is 5.91 Å². The number of nitrogens with one attached hydrogen (secondary N) is 1. The zero-order valence-electron chi connectivity index (χ0n) is 23.6. The van der Waals surface area contributed by atoms with Crippen LogP contribution in [0.3, 0.4) is 0 Å². The van der Waals surface area contributed by atoms with Gasteiger partial charge in [-0.1, -0.05) is 25.1 Å². The summed E-state index contributed by atoms with van der Waals surface area (Å²) in [7, 11) is 0. The zero-order chi connectivity index (χ0) is 30.9. The van der Waals surface area contributed by atoms with E-state index in [1.807, 2.05) is 29.2 Å². The quantitative estimate of drug-likeness (QED) is 0.411. The molecule has 3 aromatic rings. The second-order valence-corrected chi connectivity index (χ2v) is 11.1. The van der Waals surface area contributed by atoms with E-state index in [2.05, 4.69) is 16.8 Å². The van der Waals surface area contributed by atoms with Gasteiger partial charge in [0.25, 0.3) is 5.91 Å². The molecule has 1 N–H and O–H groups in total. The van der Waals surface area contributed by atoms with Crippen molar-refractivity contribution in [3.8, 4) is 0 Å². The zero-order valence-corrected chi connectivity index (χ0v) is 23.6. The predicted octanol–water partition coefficient (Wildman–Crippen LogP) is 4.74. The van der Waals surface area contributed by atoms with Crippen LogP contribution in [0.15, 0.2) is 48.7 Å². The number of aromatic nitrogens is 1. The summed E-state index contributed by atoms with van der Waals surface area (Å²) in [5, 5.41) is 0.898. The van der Waals surface area contributed by atoms with E-state index in [-0.39, 0.29) is 38.2 Å². The number of carbonyl (C=O) groups excluding carboxylic acids is 2. The molecule has 2 aliphatic rings. The molecule has 2 aliphatic heterocycles. The number of nitrogens with zero attached hydrogens (tertiary/aromatic N) is 4. The fourth-order valence-electron chi connectivity index (χ4n) is 5.91. The number of likely N-dealkylation sites (N-methyl/N-ethyl adjacent to an activating group) is 1. The lowest BCUT2D eigenvalue weighted by Gasteiger charge is -2.42. The van der Waals surface area contributed by atoms with Crippen LogP contribution in [-0.2, 0) is 23.6 Å². The van der Waals surface area contributed by atoms with Crippen molar-refractivity contribution >= 4 is 22.7 Å². The molecule has 0 unspecified atom stereocenters. The Kier molecular flexibility index (Phi) is 8.75. The molecule has 1 atom stereocenters. The van der Waals surface area contributed by atoms with Gasteiger partial charge in [0.05, 0.1) is 17.7 Å². The van der Waals surface area contributed by atoms with Crippen molar-refractivity contribution in [1.82, 2.24) is 24.6 Å². The summed E-state index contributed by atoms with van der Waals surface area (Å²) in [6.07, 6.45) is -8.06. The SMILES string of the molecule is CCN1CCN(C(=O)CN2CCN(C(=O)c3cc(C(F)(F)F)cc(C(F)(F)F)c3)[C@H](Cc3c[nH]c4ccccc34)C2)CC1. The molecular weight excluding hydrogens is 576 g/mol. The molecular formula is C30H33F6N5O2. The minimum Gasteiger partial charge on any atom is -0.361 e. The van der Waals surface area contributed by atoms with Crippen LogP contribution in [0, 0.1) is 0 Å². The molecule has 2 fully saturated rings. The number of fused-ring (bicyclic) bond motifs is 1. The van der Waals surface area contributed by atoms with Crippen molar-refractivity contribution in [3.05, 3.63) is 70.9 Å². The highest BCUT2D eigenvalue weighted by Crippen LogP contribution is 2.37. The number of alkyl halides is 6. The molecule has 43 heavy (non-hydrogen) atoms. The first-order chi connectivity index (χ1) is 20.3. The third-order valence-electron chi connectivity index (χ3n) is 8.32. The normalized spacial score (nSPS) is 19.3. The van der Waals surface area contributed by atoms with E-state index in [0.717, 1.165) is 36.1 Å². The van der Waals surface area contributed by atoms with Crippen LogP contribution in [0.5, 0.6) is 0 Å². The molecule has 0 radical (unpaired) electrons. The monoisotopic (exact) mass is 609 g/mol. The summed E-state index contributed by atoms with van der Waals surface area (Å²) >= 11 is 0. The minimum atomic E-state index is -5.07. The summed E-state index contributed by atoms with van der Waals surface area (Å²) in [5.74, 6) is -0.961.